The van der Waals surface area contributed by atoms with Crippen LogP contribution in [0.15, 0.2) is 36.7 Å². The zero-order valence-electron chi connectivity index (χ0n) is 13.5. The fourth-order valence-corrected chi connectivity index (χ4v) is 2.69. The Morgan fingerprint density at radius 2 is 2.04 bits per heavy atom. The van der Waals surface area contributed by atoms with Crippen molar-refractivity contribution in [2.75, 3.05) is 17.7 Å². The van der Waals surface area contributed by atoms with Crippen LogP contribution in [0.5, 0.6) is 5.75 Å². The van der Waals surface area contributed by atoms with Crippen LogP contribution in [-0.2, 0) is 4.79 Å². The Morgan fingerprint density at radius 3 is 2.68 bits per heavy atom. The summed E-state index contributed by atoms with van der Waals surface area (Å²) >= 11 is 5.85. The molecular weight excluding hydrogens is 347 g/mol. The number of ether oxygens (including phenoxy) is 1. The Bertz CT molecular complexity index is 980. The van der Waals surface area contributed by atoms with E-state index in [2.05, 4.69) is 9.97 Å². The third-order valence-corrected chi connectivity index (χ3v) is 3.94. The van der Waals surface area contributed by atoms with Crippen molar-refractivity contribution in [2.45, 2.75) is 6.92 Å². The molecule has 0 fully saturated rings. The standard InChI is InChI=1S/C17H14ClFN4O2/c1-9(24)23(10-3-4-13(19)12(18)5-10)17-11-6-14(20)16(25-2)7-15(11)21-8-22-17/h3-8H,20H2,1-2H3. The summed E-state index contributed by atoms with van der Waals surface area (Å²) in [4.78, 5) is 22.0. The van der Waals surface area contributed by atoms with Gasteiger partial charge in [-0.15, -0.1) is 0 Å². The number of nitrogens with zero attached hydrogens (tertiary/aromatic N) is 3. The number of nitrogen functional groups attached to an aromatic ring is 1. The first-order valence-corrected chi connectivity index (χ1v) is 7.64. The van der Waals surface area contributed by atoms with Gasteiger partial charge in [0, 0.05) is 18.4 Å². The van der Waals surface area contributed by atoms with E-state index < -0.39 is 5.82 Å². The third-order valence-electron chi connectivity index (χ3n) is 3.65. The molecule has 6 nitrogen and oxygen atoms in total. The predicted octanol–water partition coefficient (Wildman–Crippen LogP) is 3.70. The molecule has 1 amide bonds. The number of carbonyl (C=O) groups excluding carboxylic acids is 1. The van der Waals surface area contributed by atoms with Crippen LogP contribution in [0.2, 0.25) is 5.02 Å². The van der Waals surface area contributed by atoms with Crippen molar-refractivity contribution in [1.29, 1.82) is 0 Å². The van der Waals surface area contributed by atoms with Gasteiger partial charge in [-0.3, -0.25) is 9.69 Å². The van der Waals surface area contributed by atoms with Gasteiger partial charge in [-0.1, -0.05) is 11.6 Å². The molecule has 8 heteroatoms. The number of aromatic nitrogens is 2. The number of amides is 1. The lowest BCUT2D eigenvalue weighted by Crippen LogP contribution is -2.24. The highest BCUT2D eigenvalue weighted by Crippen LogP contribution is 2.35. The van der Waals surface area contributed by atoms with Crippen molar-refractivity contribution in [3.63, 3.8) is 0 Å². The Kier molecular flexibility index (Phi) is 4.41. The molecule has 0 saturated carbocycles. The molecule has 0 bridgehead atoms. The van der Waals surface area contributed by atoms with Crippen molar-refractivity contribution in [3.05, 3.63) is 47.5 Å². The zero-order chi connectivity index (χ0) is 18.1. The lowest BCUT2D eigenvalue weighted by Gasteiger charge is -2.22. The number of methoxy groups -OCH3 is 1. The van der Waals surface area contributed by atoms with Gasteiger partial charge in [-0.25, -0.2) is 14.4 Å². The molecule has 0 atom stereocenters. The van der Waals surface area contributed by atoms with Gasteiger partial charge in [-0.05, 0) is 24.3 Å². The van der Waals surface area contributed by atoms with Crippen molar-refractivity contribution in [3.8, 4) is 5.75 Å². The van der Waals surface area contributed by atoms with Gasteiger partial charge >= 0.3 is 0 Å². The molecule has 0 radical (unpaired) electrons. The molecular formula is C17H14ClFN4O2. The number of carbonyl (C=O) groups is 1. The summed E-state index contributed by atoms with van der Waals surface area (Å²) < 4.78 is 18.7. The van der Waals surface area contributed by atoms with E-state index in [9.17, 15) is 9.18 Å². The molecule has 0 saturated heterocycles. The molecule has 25 heavy (non-hydrogen) atoms. The van der Waals surface area contributed by atoms with Gasteiger partial charge in [0.25, 0.3) is 0 Å². The molecule has 0 aliphatic heterocycles. The number of fused-ring (bicyclic) bond motifs is 1. The molecule has 0 aliphatic carbocycles. The first kappa shape index (κ1) is 16.9. The number of benzene rings is 2. The summed E-state index contributed by atoms with van der Waals surface area (Å²) in [5.41, 5.74) is 7.29. The third kappa shape index (κ3) is 3.06. The normalized spacial score (nSPS) is 10.7. The fraction of sp³-hybridized carbons (Fsp3) is 0.118. The second-order valence-electron chi connectivity index (χ2n) is 5.26. The minimum atomic E-state index is -0.574. The molecule has 0 unspecified atom stereocenters. The predicted molar refractivity (Wildman–Crippen MR) is 94.7 cm³/mol. The minimum absolute atomic E-state index is 0.0942. The highest BCUT2D eigenvalue weighted by atomic mass is 35.5. The summed E-state index contributed by atoms with van der Waals surface area (Å²) in [6, 6.07) is 7.29. The van der Waals surface area contributed by atoms with E-state index >= 15 is 0 Å². The maximum atomic E-state index is 13.5. The largest absolute Gasteiger partial charge is 0.495 e. The van der Waals surface area contributed by atoms with Crippen molar-refractivity contribution < 1.29 is 13.9 Å². The van der Waals surface area contributed by atoms with Gasteiger partial charge in [-0.2, -0.15) is 0 Å². The summed E-state index contributed by atoms with van der Waals surface area (Å²) in [5.74, 6) is -0.113. The Balaban J connectivity index is 2.25. The van der Waals surface area contributed by atoms with Crippen LogP contribution in [0.25, 0.3) is 10.9 Å². The minimum Gasteiger partial charge on any atom is -0.495 e. The number of hydrogen-bond donors (Lipinski definition) is 1. The van der Waals surface area contributed by atoms with E-state index in [1.165, 1.54) is 43.5 Å². The van der Waals surface area contributed by atoms with Crippen molar-refractivity contribution >= 4 is 45.6 Å². The molecule has 1 heterocycles. The summed E-state index contributed by atoms with van der Waals surface area (Å²) in [6.45, 7) is 1.37. The molecule has 3 aromatic rings. The lowest BCUT2D eigenvalue weighted by molar-refractivity contribution is -0.115. The van der Waals surface area contributed by atoms with E-state index in [4.69, 9.17) is 22.1 Å². The first-order chi connectivity index (χ1) is 11.9. The number of halogens is 2. The Labute approximate surface area is 148 Å². The number of anilines is 3. The maximum absolute atomic E-state index is 13.5. The molecule has 2 aromatic carbocycles. The molecule has 2 N–H and O–H groups in total. The molecule has 0 aliphatic rings. The van der Waals surface area contributed by atoms with Crippen LogP contribution in [0.1, 0.15) is 6.92 Å². The van der Waals surface area contributed by atoms with Crippen molar-refractivity contribution in [2.24, 2.45) is 0 Å². The van der Waals surface area contributed by atoms with Crippen molar-refractivity contribution in [1.82, 2.24) is 9.97 Å². The average molecular weight is 361 g/mol. The molecule has 0 spiro atoms. The highest BCUT2D eigenvalue weighted by Gasteiger charge is 2.20. The summed E-state index contributed by atoms with van der Waals surface area (Å²) in [7, 11) is 1.50. The van der Waals surface area contributed by atoms with Crippen LogP contribution in [-0.4, -0.2) is 23.0 Å². The summed E-state index contributed by atoms with van der Waals surface area (Å²) in [6.07, 6.45) is 1.33. The van der Waals surface area contributed by atoms with Gasteiger partial charge < -0.3 is 10.5 Å². The van der Waals surface area contributed by atoms with E-state index in [-0.39, 0.29) is 10.9 Å². The second kappa shape index (κ2) is 6.52. The smallest absolute Gasteiger partial charge is 0.229 e. The van der Waals surface area contributed by atoms with Crippen LogP contribution >= 0.6 is 11.6 Å². The van der Waals surface area contributed by atoms with Gasteiger partial charge in [0.1, 0.15) is 17.9 Å². The van der Waals surface area contributed by atoms with Gasteiger partial charge in [0.2, 0.25) is 5.91 Å². The monoisotopic (exact) mass is 360 g/mol. The van der Waals surface area contributed by atoms with E-state index in [0.29, 0.717) is 33.8 Å². The SMILES string of the molecule is COc1cc2ncnc(N(C(C)=O)c3ccc(F)c(Cl)c3)c2cc1N. The van der Waals surface area contributed by atoms with E-state index in [1.54, 1.807) is 12.1 Å². The second-order valence-corrected chi connectivity index (χ2v) is 5.67. The highest BCUT2D eigenvalue weighted by molar-refractivity contribution is 6.31. The van der Waals surface area contributed by atoms with E-state index in [0.717, 1.165) is 0 Å². The van der Waals surface area contributed by atoms with Gasteiger partial charge in [0.15, 0.2) is 5.82 Å². The van der Waals surface area contributed by atoms with Crippen LogP contribution in [0, 0.1) is 5.82 Å². The fourth-order valence-electron chi connectivity index (χ4n) is 2.52. The van der Waals surface area contributed by atoms with Crippen LogP contribution < -0.4 is 15.4 Å². The Morgan fingerprint density at radius 1 is 1.28 bits per heavy atom. The number of hydrogen-bond acceptors (Lipinski definition) is 5. The van der Waals surface area contributed by atoms with Crippen LogP contribution in [0.3, 0.4) is 0 Å². The topological polar surface area (TPSA) is 81.3 Å². The lowest BCUT2D eigenvalue weighted by atomic mass is 10.1. The maximum Gasteiger partial charge on any atom is 0.229 e. The summed E-state index contributed by atoms with van der Waals surface area (Å²) in [5, 5.41) is 0.458. The van der Waals surface area contributed by atoms with E-state index in [1.807, 2.05) is 0 Å². The molecule has 128 valence electrons. The zero-order valence-corrected chi connectivity index (χ0v) is 14.2. The molecule has 1 aromatic heterocycles. The van der Waals surface area contributed by atoms with Crippen LogP contribution in [0.4, 0.5) is 21.6 Å². The molecule has 3 rings (SSSR count). The van der Waals surface area contributed by atoms with Gasteiger partial charge in [0.05, 0.1) is 29.0 Å². The number of nitrogens with two attached hydrogens (primary N) is 1. The Hall–Kier alpha value is -2.93. The quantitative estimate of drug-likeness (QED) is 0.720. The first-order valence-electron chi connectivity index (χ1n) is 7.26. The average Bonchev–Trinajstić information content (AvgIpc) is 2.58. The number of rotatable bonds is 3.